The zero-order chi connectivity index (χ0) is 6.85. The largest absolute Gasteiger partial charge is 0.346 e. The van der Waals surface area contributed by atoms with Gasteiger partial charge in [0.1, 0.15) is 5.15 Å². The van der Waals surface area contributed by atoms with Gasteiger partial charge in [-0.15, -0.1) is 0 Å². The van der Waals surface area contributed by atoms with Crippen LogP contribution in [0, 0.1) is 0 Å². The third kappa shape index (κ3) is 1.53. The summed E-state index contributed by atoms with van der Waals surface area (Å²) < 4.78 is 0.587. The quantitative estimate of drug-likeness (QED) is 0.652. The van der Waals surface area contributed by atoms with Gasteiger partial charge in [0, 0.05) is 6.20 Å². The molecule has 1 N–H and O–H groups in total. The van der Waals surface area contributed by atoms with Crippen molar-refractivity contribution in [2.24, 2.45) is 0 Å². The monoisotopic (exact) mass is 208 g/mol. The average molecular weight is 209 g/mol. The smallest absolute Gasteiger partial charge is 0.295 e. The highest BCUT2D eigenvalue weighted by molar-refractivity contribution is 9.10. The fourth-order valence-corrected chi connectivity index (χ4v) is 0.689. The summed E-state index contributed by atoms with van der Waals surface area (Å²) in [5.74, 6) is 0. The van der Waals surface area contributed by atoms with E-state index in [1.807, 2.05) is 0 Å². The molecule has 1 rings (SSSR count). The second kappa shape index (κ2) is 2.49. The summed E-state index contributed by atoms with van der Waals surface area (Å²) in [6, 6.07) is 0. The van der Waals surface area contributed by atoms with E-state index < -0.39 is 5.69 Å². The van der Waals surface area contributed by atoms with E-state index in [0.717, 1.165) is 0 Å². The lowest BCUT2D eigenvalue weighted by Gasteiger charge is -1.88. The van der Waals surface area contributed by atoms with Crippen LogP contribution in [0.3, 0.4) is 0 Å². The first-order valence-electron chi connectivity index (χ1n) is 2.10. The molecule has 5 heteroatoms. The van der Waals surface area contributed by atoms with Crippen molar-refractivity contribution in [3.8, 4) is 0 Å². The Morgan fingerprint density at radius 2 is 2.44 bits per heavy atom. The van der Waals surface area contributed by atoms with Crippen LogP contribution in [-0.2, 0) is 0 Å². The Morgan fingerprint density at radius 1 is 1.78 bits per heavy atom. The molecule has 3 nitrogen and oxygen atoms in total. The maximum Gasteiger partial charge on any atom is 0.346 e. The molecular weight excluding hydrogens is 207 g/mol. The zero-order valence-electron chi connectivity index (χ0n) is 4.19. The minimum atomic E-state index is -0.441. The van der Waals surface area contributed by atoms with Crippen molar-refractivity contribution in [1.29, 1.82) is 0 Å². The van der Waals surface area contributed by atoms with Crippen molar-refractivity contribution in [3.63, 3.8) is 0 Å². The van der Waals surface area contributed by atoms with Crippen LogP contribution in [0.4, 0.5) is 0 Å². The van der Waals surface area contributed by atoms with Crippen molar-refractivity contribution >= 4 is 27.5 Å². The highest BCUT2D eigenvalue weighted by Crippen LogP contribution is 2.14. The van der Waals surface area contributed by atoms with Gasteiger partial charge in [-0.2, -0.15) is 0 Å². The fourth-order valence-electron chi connectivity index (χ4n) is 0.358. The third-order valence-electron chi connectivity index (χ3n) is 0.722. The molecule has 0 fully saturated rings. The Balaban J connectivity index is 3.34. The maximum absolute atomic E-state index is 10.4. The summed E-state index contributed by atoms with van der Waals surface area (Å²) in [6.45, 7) is 0. The lowest BCUT2D eigenvalue weighted by Crippen LogP contribution is -2.08. The first kappa shape index (κ1) is 6.77. The Hall–Kier alpha value is -0.350. The Bertz CT molecular complexity index is 272. The first-order chi connectivity index (χ1) is 4.20. The van der Waals surface area contributed by atoms with Gasteiger partial charge in [-0.05, 0) is 15.9 Å². The van der Waals surface area contributed by atoms with Crippen LogP contribution in [-0.4, -0.2) is 9.97 Å². The number of aromatic nitrogens is 2. The van der Waals surface area contributed by atoms with Crippen molar-refractivity contribution in [2.75, 3.05) is 0 Å². The van der Waals surface area contributed by atoms with Gasteiger partial charge in [0.2, 0.25) is 0 Å². The minimum absolute atomic E-state index is 0.273. The van der Waals surface area contributed by atoms with Crippen LogP contribution in [0.1, 0.15) is 0 Å². The fraction of sp³-hybridized carbons (Fsp3) is 0. The molecule has 0 aliphatic carbocycles. The van der Waals surface area contributed by atoms with Gasteiger partial charge in [0.05, 0.1) is 4.47 Å². The van der Waals surface area contributed by atoms with E-state index in [1.54, 1.807) is 0 Å². The summed E-state index contributed by atoms with van der Waals surface area (Å²) >= 11 is 8.54. The van der Waals surface area contributed by atoms with Crippen LogP contribution in [0.5, 0.6) is 0 Å². The summed E-state index contributed by atoms with van der Waals surface area (Å²) in [5, 5.41) is 0.273. The number of hydrogen-bond donors (Lipinski definition) is 1. The number of hydrogen-bond acceptors (Lipinski definition) is 2. The van der Waals surface area contributed by atoms with Gasteiger partial charge in [-0.1, -0.05) is 11.6 Å². The minimum Gasteiger partial charge on any atom is -0.295 e. The number of rotatable bonds is 0. The topological polar surface area (TPSA) is 45.8 Å². The number of nitrogens with one attached hydrogen (secondary N) is 1. The van der Waals surface area contributed by atoms with Crippen molar-refractivity contribution in [3.05, 3.63) is 26.3 Å². The lowest BCUT2D eigenvalue weighted by molar-refractivity contribution is 1.06. The molecule has 0 unspecified atom stereocenters. The van der Waals surface area contributed by atoms with Gasteiger partial charge in [0.25, 0.3) is 0 Å². The van der Waals surface area contributed by atoms with Gasteiger partial charge >= 0.3 is 5.69 Å². The highest BCUT2D eigenvalue weighted by atomic mass is 79.9. The van der Waals surface area contributed by atoms with Gasteiger partial charge in [-0.3, -0.25) is 4.98 Å². The second-order valence-corrected chi connectivity index (χ2v) is 2.58. The summed E-state index contributed by atoms with van der Waals surface area (Å²) in [6.07, 6.45) is 1.35. The van der Waals surface area contributed by atoms with E-state index in [-0.39, 0.29) is 5.15 Å². The number of aromatic amines is 1. The van der Waals surface area contributed by atoms with E-state index in [4.69, 9.17) is 11.6 Å². The van der Waals surface area contributed by atoms with Gasteiger partial charge in [-0.25, -0.2) is 9.78 Å². The molecule has 0 spiro atoms. The molecule has 0 bridgehead atoms. The van der Waals surface area contributed by atoms with E-state index in [9.17, 15) is 4.79 Å². The molecule has 1 aromatic rings. The predicted octanol–water partition coefficient (Wildman–Crippen LogP) is 1.19. The van der Waals surface area contributed by atoms with Crippen LogP contribution in [0.2, 0.25) is 5.15 Å². The van der Waals surface area contributed by atoms with E-state index in [2.05, 4.69) is 25.9 Å². The molecule has 0 amide bonds. The summed E-state index contributed by atoms with van der Waals surface area (Å²) in [4.78, 5) is 16.1. The predicted molar refractivity (Wildman–Crippen MR) is 37.6 cm³/mol. The van der Waals surface area contributed by atoms with E-state index in [0.29, 0.717) is 4.47 Å². The molecule has 1 aromatic heterocycles. The zero-order valence-corrected chi connectivity index (χ0v) is 6.53. The number of nitrogens with zero attached hydrogens (tertiary/aromatic N) is 1. The van der Waals surface area contributed by atoms with Crippen LogP contribution in [0.25, 0.3) is 0 Å². The van der Waals surface area contributed by atoms with Crippen molar-refractivity contribution in [1.82, 2.24) is 9.97 Å². The molecule has 0 aliphatic heterocycles. The molecule has 0 aliphatic rings. The molecule has 0 radical (unpaired) electrons. The molecule has 0 saturated heterocycles. The third-order valence-corrected chi connectivity index (χ3v) is 1.85. The first-order valence-corrected chi connectivity index (χ1v) is 3.27. The Labute approximate surface area is 64.2 Å². The molecule has 0 aromatic carbocycles. The molecular formula is C4H2BrClN2O. The van der Waals surface area contributed by atoms with Gasteiger partial charge in [0.15, 0.2) is 0 Å². The Morgan fingerprint density at radius 3 is 2.89 bits per heavy atom. The normalized spacial score (nSPS) is 9.56. The van der Waals surface area contributed by atoms with Gasteiger partial charge < -0.3 is 0 Å². The van der Waals surface area contributed by atoms with E-state index in [1.165, 1.54) is 6.20 Å². The number of H-pyrrole nitrogens is 1. The van der Waals surface area contributed by atoms with E-state index >= 15 is 0 Å². The summed E-state index contributed by atoms with van der Waals surface area (Å²) in [5.41, 5.74) is -0.441. The lowest BCUT2D eigenvalue weighted by atomic mass is 10.7. The van der Waals surface area contributed by atoms with Crippen LogP contribution >= 0.6 is 27.5 Å². The SMILES string of the molecule is O=c1ncc(Br)c(Cl)[nH]1. The van der Waals surface area contributed by atoms with Crippen LogP contribution in [0.15, 0.2) is 15.5 Å². The molecule has 1 heterocycles. The second-order valence-electron chi connectivity index (χ2n) is 1.35. The van der Waals surface area contributed by atoms with Crippen molar-refractivity contribution < 1.29 is 0 Å². The molecule has 0 saturated carbocycles. The Kier molecular flexibility index (Phi) is 1.87. The van der Waals surface area contributed by atoms with Crippen molar-refractivity contribution in [2.45, 2.75) is 0 Å². The van der Waals surface area contributed by atoms with Crippen LogP contribution < -0.4 is 5.69 Å². The standard InChI is InChI=1S/C4H2BrClN2O/c5-2-1-7-4(9)8-3(2)6/h1H,(H,7,8,9). The molecule has 48 valence electrons. The average Bonchev–Trinajstić information content (AvgIpc) is 1.80. The number of halogens is 2. The molecule has 0 atom stereocenters. The highest BCUT2D eigenvalue weighted by Gasteiger charge is 1.94. The maximum atomic E-state index is 10.4. The molecule has 9 heavy (non-hydrogen) atoms. The summed E-state index contributed by atoms with van der Waals surface area (Å²) in [7, 11) is 0.